The van der Waals surface area contributed by atoms with Crippen molar-refractivity contribution in [2.24, 2.45) is 0 Å². The highest BCUT2D eigenvalue weighted by Crippen LogP contribution is 2.26. The number of anilines is 1. The van der Waals surface area contributed by atoms with Crippen LogP contribution in [0.3, 0.4) is 0 Å². The van der Waals surface area contributed by atoms with Crippen LogP contribution in [-0.4, -0.2) is 62.7 Å². The molecule has 1 saturated heterocycles. The first-order valence-electron chi connectivity index (χ1n) is 11.9. The van der Waals surface area contributed by atoms with E-state index in [0.717, 1.165) is 69.0 Å². The maximum Gasteiger partial charge on any atom is 0.123 e. The number of likely N-dealkylation sites (N-methyl/N-ethyl adjacent to an activating group) is 1. The zero-order valence-corrected chi connectivity index (χ0v) is 19.9. The van der Waals surface area contributed by atoms with Crippen molar-refractivity contribution >= 4 is 5.69 Å². The summed E-state index contributed by atoms with van der Waals surface area (Å²) < 4.78 is 13.1. The largest absolute Gasteiger partial charge is 0.373 e. The van der Waals surface area contributed by atoms with Crippen molar-refractivity contribution in [3.8, 4) is 6.07 Å². The summed E-state index contributed by atoms with van der Waals surface area (Å²) in [6, 6.07) is 15.3. The van der Waals surface area contributed by atoms with E-state index in [-0.39, 0.29) is 5.82 Å². The predicted molar refractivity (Wildman–Crippen MR) is 131 cm³/mol. The van der Waals surface area contributed by atoms with E-state index in [2.05, 4.69) is 46.9 Å². The van der Waals surface area contributed by atoms with Crippen molar-refractivity contribution in [3.05, 3.63) is 65.0 Å². The Labute approximate surface area is 193 Å². The van der Waals surface area contributed by atoms with Crippen LogP contribution in [0.1, 0.15) is 48.8 Å². The fraction of sp³-hybridized carbons (Fsp3) is 0.519. The number of nitriles is 1. The van der Waals surface area contributed by atoms with Crippen LogP contribution in [0.4, 0.5) is 10.1 Å². The van der Waals surface area contributed by atoms with E-state index in [1.165, 1.54) is 30.5 Å². The molecule has 1 atom stereocenters. The molecule has 0 amide bonds. The summed E-state index contributed by atoms with van der Waals surface area (Å²) >= 11 is 0. The first kappa shape index (κ1) is 24.2. The lowest BCUT2D eigenvalue weighted by atomic mass is 9.90. The van der Waals surface area contributed by atoms with Crippen molar-refractivity contribution in [1.29, 1.82) is 5.26 Å². The smallest absolute Gasteiger partial charge is 0.123 e. The summed E-state index contributed by atoms with van der Waals surface area (Å²) in [6.45, 7) is 11.9. The van der Waals surface area contributed by atoms with Crippen molar-refractivity contribution in [3.63, 3.8) is 0 Å². The quantitative estimate of drug-likeness (QED) is 0.523. The highest BCUT2D eigenvalue weighted by atomic mass is 19.1. The molecule has 1 heterocycles. The fourth-order valence-electron chi connectivity index (χ4n) is 4.59. The molecule has 0 spiro atoms. The minimum Gasteiger partial charge on any atom is -0.373 e. The van der Waals surface area contributed by atoms with Crippen LogP contribution in [0.5, 0.6) is 0 Å². The maximum absolute atomic E-state index is 13.1. The van der Waals surface area contributed by atoms with Crippen LogP contribution in [0.25, 0.3) is 0 Å². The second-order valence-electron chi connectivity index (χ2n) is 9.01. The molecule has 0 aromatic heterocycles. The Balaban J connectivity index is 1.36. The Morgan fingerprint density at radius 3 is 2.28 bits per heavy atom. The van der Waals surface area contributed by atoms with Crippen LogP contribution in [0.2, 0.25) is 0 Å². The van der Waals surface area contributed by atoms with Gasteiger partial charge in [0, 0.05) is 52.0 Å². The van der Waals surface area contributed by atoms with E-state index < -0.39 is 0 Å². The number of piperazine rings is 1. The van der Waals surface area contributed by atoms with Gasteiger partial charge in [0.25, 0.3) is 0 Å². The van der Waals surface area contributed by atoms with Crippen molar-refractivity contribution < 1.29 is 4.39 Å². The highest BCUT2D eigenvalue weighted by Gasteiger charge is 2.18. The molecule has 0 aliphatic carbocycles. The molecule has 0 saturated carbocycles. The number of aryl methyl sites for hydroxylation is 1. The zero-order chi connectivity index (χ0) is 22.9. The van der Waals surface area contributed by atoms with Gasteiger partial charge in [0.2, 0.25) is 0 Å². The van der Waals surface area contributed by atoms with Gasteiger partial charge in [-0.05, 0) is 80.1 Å². The molecule has 0 radical (unpaired) electrons. The standard InChI is InChI=1S/C27H37FN4/c1-4-23(24-7-8-25(21-29)22(2)20-24)6-5-13-31-16-18-32(19-17-31)15-14-30(3)27-11-9-26(28)10-12-27/h7-12,20,23H,4-6,13-19H2,1-3H3. The number of benzene rings is 2. The van der Waals surface area contributed by atoms with Gasteiger partial charge in [-0.15, -0.1) is 0 Å². The van der Waals surface area contributed by atoms with E-state index in [4.69, 9.17) is 5.26 Å². The predicted octanol–water partition coefficient (Wildman–Crippen LogP) is 5.03. The summed E-state index contributed by atoms with van der Waals surface area (Å²) in [5, 5.41) is 9.16. The average Bonchev–Trinajstić information content (AvgIpc) is 2.81. The molecule has 2 aromatic carbocycles. The Morgan fingerprint density at radius 1 is 1.03 bits per heavy atom. The van der Waals surface area contributed by atoms with Gasteiger partial charge in [0.05, 0.1) is 11.6 Å². The van der Waals surface area contributed by atoms with Gasteiger partial charge in [-0.3, -0.25) is 4.90 Å². The molecular formula is C27H37FN4. The topological polar surface area (TPSA) is 33.5 Å². The Bertz CT molecular complexity index is 882. The molecule has 172 valence electrons. The molecule has 2 aromatic rings. The number of hydrogen-bond acceptors (Lipinski definition) is 4. The van der Waals surface area contributed by atoms with Crippen molar-refractivity contribution in [1.82, 2.24) is 9.80 Å². The first-order chi connectivity index (χ1) is 15.5. The Kier molecular flexibility index (Phi) is 9.08. The Morgan fingerprint density at radius 2 is 1.69 bits per heavy atom. The second kappa shape index (κ2) is 12.0. The molecule has 3 rings (SSSR count). The number of rotatable bonds is 10. The summed E-state index contributed by atoms with van der Waals surface area (Å²) in [7, 11) is 2.07. The SMILES string of the molecule is CCC(CCCN1CCN(CCN(C)c2ccc(F)cc2)CC1)c1ccc(C#N)c(C)c1. The molecule has 1 unspecified atom stereocenters. The third-order valence-corrected chi connectivity index (χ3v) is 6.85. The second-order valence-corrected chi connectivity index (χ2v) is 9.01. The van der Waals surface area contributed by atoms with Gasteiger partial charge >= 0.3 is 0 Å². The average molecular weight is 437 g/mol. The van der Waals surface area contributed by atoms with Gasteiger partial charge in [-0.25, -0.2) is 4.39 Å². The third-order valence-electron chi connectivity index (χ3n) is 6.85. The van der Waals surface area contributed by atoms with E-state index in [1.807, 2.05) is 25.1 Å². The van der Waals surface area contributed by atoms with Crippen LogP contribution < -0.4 is 4.90 Å². The Hall–Kier alpha value is -2.42. The summed E-state index contributed by atoms with van der Waals surface area (Å²) in [5.74, 6) is 0.389. The molecule has 5 heteroatoms. The van der Waals surface area contributed by atoms with Gasteiger partial charge in [0.15, 0.2) is 0 Å². The van der Waals surface area contributed by atoms with E-state index in [0.29, 0.717) is 5.92 Å². The minimum atomic E-state index is -0.185. The van der Waals surface area contributed by atoms with Crippen LogP contribution in [0.15, 0.2) is 42.5 Å². The van der Waals surface area contributed by atoms with Crippen LogP contribution in [0, 0.1) is 24.1 Å². The van der Waals surface area contributed by atoms with E-state index in [1.54, 1.807) is 0 Å². The molecule has 0 bridgehead atoms. The molecule has 1 aliphatic heterocycles. The van der Waals surface area contributed by atoms with Gasteiger partial charge in [-0.1, -0.05) is 19.1 Å². The van der Waals surface area contributed by atoms with Gasteiger partial charge < -0.3 is 9.80 Å². The normalized spacial score (nSPS) is 16.0. The summed E-state index contributed by atoms with van der Waals surface area (Å²) in [4.78, 5) is 7.32. The molecular weight excluding hydrogens is 399 g/mol. The van der Waals surface area contributed by atoms with Gasteiger partial charge in [-0.2, -0.15) is 5.26 Å². The van der Waals surface area contributed by atoms with Crippen molar-refractivity contribution in [2.75, 3.05) is 57.8 Å². The summed E-state index contributed by atoms with van der Waals surface area (Å²) in [5.41, 5.74) is 4.31. The first-order valence-corrected chi connectivity index (χ1v) is 11.9. The van der Waals surface area contributed by atoms with E-state index >= 15 is 0 Å². The molecule has 1 aliphatic rings. The highest BCUT2D eigenvalue weighted by molar-refractivity contribution is 5.45. The van der Waals surface area contributed by atoms with Crippen molar-refractivity contribution in [2.45, 2.75) is 39.0 Å². The fourth-order valence-corrected chi connectivity index (χ4v) is 4.59. The number of hydrogen-bond donors (Lipinski definition) is 0. The molecule has 4 nitrogen and oxygen atoms in total. The third kappa shape index (κ3) is 6.79. The lowest BCUT2D eigenvalue weighted by Gasteiger charge is -2.35. The van der Waals surface area contributed by atoms with E-state index in [9.17, 15) is 4.39 Å². The lowest BCUT2D eigenvalue weighted by molar-refractivity contribution is 0.132. The minimum absolute atomic E-state index is 0.185. The van der Waals surface area contributed by atoms with Gasteiger partial charge in [0.1, 0.15) is 5.82 Å². The number of nitrogens with zero attached hydrogens (tertiary/aromatic N) is 4. The molecule has 32 heavy (non-hydrogen) atoms. The number of halogens is 1. The zero-order valence-electron chi connectivity index (χ0n) is 19.9. The molecule has 0 N–H and O–H groups in total. The maximum atomic E-state index is 13.1. The molecule has 1 fully saturated rings. The summed E-state index contributed by atoms with van der Waals surface area (Å²) in [6.07, 6.45) is 3.55. The van der Waals surface area contributed by atoms with Crippen LogP contribution >= 0.6 is 0 Å². The van der Waals surface area contributed by atoms with Crippen LogP contribution in [-0.2, 0) is 0 Å². The lowest BCUT2D eigenvalue weighted by Crippen LogP contribution is -2.48. The monoisotopic (exact) mass is 436 g/mol.